The molecule has 0 amide bonds. The summed E-state index contributed by atoms with van der Waals surface area (Å²) in [5.41, 5.74) is 8.05. The largest absolute Gasteiger partial charge is 0.394 e. The van der Waals surface area contributed by atoms with Crippen LogP contribution >= 0.6 is 0 Å². The monoisotopic (exact) mass is 337 g/mol. The van der Waals surface area contributed by atoms with Gasteiger partial charge in [-0.3, -0.25) is 0 Å². The quantitative estimate of drug-likeness (QED) is 0.147. The lowest BCUT2D eigenvalue weighted by Crippen LogP contribution is -2.59. The van der Waals surface area contributed by atoms with E-state index in [-0.39, 0.29) is 19.8 Å². The number of aliphatic hydroxyl groups is 4. The van der Waals surface area contributed by atoms with Crippen LogP contribution in [-0.2, 0) is 18.9 Å². The summed E-state index contributed by atoms with van der Waals surface area (Å²) in [5, 5.41) is 41.2. The van der Waals surface area contributed by atoms with Crippen molar-refractivity contribution >= 4 is 0 Å². The Hall–Kier alpha value is -1.01. The van der Waals surface area contributed by atoms with Crippen molar-refractivity contribution in [2.75, 3.05) is 46.2 Å². The third-order valence-electron chi connectivity index (χ3n) is 3.13. The molecule has 4 N–H and O–H groups in total. The fraction of sp³-hybridized carbons (Fsp3) is 1.00. The second-order valence-corrected chi connectivity index (χ2v) is 4.75. The Balaban J connectivity index is 2.09. The van der Waals surface area contributed by atoms with Crippen LogP contribution in [0.1, 0.15) is 0 Å². The molecule has 3 unspecified atom stereocenters. The van der Waals surface area contributed by atoms with Crippen LogP contribution in [0.3, 0.4) is 0 Å². The van der Waals surface area contributed by atoms with Gasteiger partial charge in [0.05, 0.1) is 39.6 Å². The number of rotatable bonds is 11. The van der Waals surface area contributed by atoms with E-state index >= 15 is 0 Å². The highest BCUT2D eigenvalue weighted by Crippen LogP contribution is 2.21. The first-order chi connectivity index (χ1) is 11.1. The van der Waals surface area contributed by atoms with Crippen LogP contribution in [-0.4, -0.2) is 97.3 Å². The van der Waals surface area contributed by atoms with E-state index < -0.39 is 37.3 Å². The summed E-state index contributed by atoms with van der Waals surface area (Å²) in [4.78, 5) is 2.58. The van der Waals surface area contributed by atoms with E-state index in [0.717, 1.165) is 0 Å². The first-order valence-corrected chi connectivity index (χ1v) is 7.20. The molecule has 0 bridgehead atoms. The molecule has 0 saturated carbocycles. The van der Waals surface area contributed by atoms with Crippen molar-refractivity contribution in [3.05, 3.63) is 10.4 Å². The van der Waals surface area contributed by atoms with Crippen molar-refractivity contribution in [2.45, 2.75) is 30.7 Å². The van der Waals surface area contributed by atoms with E-state index in [4.69, 9.17) is 29.6 Å². The Labute approximate surface area is 133 Å². The summed E-state index contributed by atoms with van der Waals surface area (Å²) in [7, 11) is 0. The van der Waals surface area contributed by atoms with Gasteiger partial charge >= 0.3 is 0 Å². The van der Waals surface area contributed by atoms with Crippen LogP contribution in [0.25, 0.3) is 10.4 Å². The van der Waals surface area contributed by atoms with Gasteiger partial charge in [0.15, 0.2) is 6.29 Å². The topological polar surface area (TPSA) is 167 Å². The van der Waals surface area contributed by atoms with Gasteiger partial charge in [-0.2, -0.15) is 0 Å². The highest BCUT2D eigenvalue weighted by molar-refractivity contribution is 4.88. The van der Waals surface area contributed by atoms with Gasteiger partial charge < -0.3 is 39.4 Å². The van der Waals surface area contributed by atoms with Crippen LogP contribution in [0.15, 0.2) is 5.11 Å². The normalized spacial score (nSPS) is 30.9. The maximum absolute atomic E-state index is 9.73. The Morgan fingerprint density at radius 3 is 2.26 bits per heavy atom. The molecule has 134 valence electrons. The Kier molecular flexibility index (Phi) is 10.0. The average molecular weight is 337 g/mol. The molecule has 0 aromatic heterocycles. The Bertz CT molecular complexity index is 366. The van der Waals surface area contributed by atoms with Crippen LogP contribution in [0, 0.1) is 0 Å². The second-order valence-electron chi connectivity index (χ2n) is 4.75. The molecule has 1 rings (SSSR count). The molecular formula is C12H23N3O8. The molecule has 0 aliphatic carbocycles. The summed E-state index contributed by atoms with van der Waals surface area (Å²) in [5.74, 6) is 0. The summed E-state index contributed by atoms with van der Waals surface area (Å²) < 4.78 is 20.7. The fourth-order valence-electron chi connectivity index (χ4n) is 1.90. The predicted octanol–water partition coefficient (Wildman–Crippen LogP) is -1.85. The molecule has 1 fully saturated rings. The van der Waals surface area contributed by atoms with E-state index in [2.05, 4.69) is 10.0 Å². The van der Waals surface area contributed by atoms with Crippen molar-refractivity contribution in [1.29, 1.82) is 0 Å². The number of hydrogen-bond acceptors (Lipinski definition) is 9. The zero-order valence-corrected chi connectivity index (χ0v) is 12.6. The first-order valence-electron chi connectivity index (χ1n) is 7.20. The van der Waals surface area contributed by atoms with Crippen molar-refractivity contribution < 1.29 is 39.4 Å². The minimum Gasteiger partial charge on any atom is -0.394 e. The van der Waals surface area contributed by atoms with Crippen molar-refractivity contribution in [2.24, 2.45) is 5.11 Å². The molecule has 1 aliphatic rings. The molecule has 1 aliphatic heterocycles. The molecule has 1 saturated heterocycles. The Morgan fingerprint density at radius 1 is 0.957 bits per heavy atom. The standard InChI is InChI=1S/C12H23N3O8/c13-15-14-1-2-20-3-4-21-5-6-22-12-11(19)10(18)9(17)8(7-16)23-12/h8-12,16-19H,1-7H2/t8?,9-,10?,11?,12-/m1/s1. The third kappa shape index (κ3) is 6.96. The van der Waals surface area contributed by atoms with Gasteiger partial charge in [-0.25, -0.2) is 0 Å². The van der Waals surface area contributed by atoms with Crippen LogP contribution in [0.5, 0.6) is 0 Å². The fourth-order valence-corrected chi connectivity index (χ4v) is 1.90. The van der Waals surface area contributed by atoms with Crippen LogP contribution in [0.2, 0.25) is 0 Å². The van der Waals surface area contributed by atoms with Crippen molar-refractivity contribution in [1.82, 2.24) is 0 Å². The summed E-state index contributed by atoms with van der Waals surface area (Å²) in [6.07, 6.45) is -6.44. The zero-order valence-electron chi connectivity index (χ0n) is 12.6. The number of nitrogens with zero attached hydrogens (tertiary/aromatic N) is 3. The van der Waals surface area contributed by atoms with Gasteiger partial charge in [-0.1, -0.05) is 5.11 Å². The van der Waals surface area contributed by atoms with Crippen molar-refractivity contribution in [3.8, 4) is 0 Å². The van der Waals surface area contributed by atoms with Gasteiger partial charge in [0.1, 0.15) is 24.4 Å². The zero-order chi connectivity index (χ0) is 17.1. The molecule has 11 nitrogen and oxygen atoms in total. The van der Waals surface area contributed by atoms with E-state index in [0.29, 0.717) is 19.8 Å². The van der Waals surface area contributed by atoms with E-state index in [9.17, 15) is 15.3 Å². The first kappa shape index (κ1) is 20.0. The second kappa shape index (κ2) is 11.5. The molecule has 11 heteroatoms. The summed E-state index contributed by atoms with van der Waals surface area (Å²) in [6, 6.07) is 0. The van der Waals surface area contributed by atoms with Gasteiger partial charge in [0, 0.05) is 11.5 Å². The molecule has 0 aromatic rings. The van der Waals surface area contributed by atoms with E-state index in [1.165, 1.54) is 0 Å². The van der Waals surface area contributed by atoms with Crippen LogP contribution in [0.4, 0.5) is 0 Å². The molecule has 23 heavy (non-hydrogen) atoms. The SMILES string of the molecule is [N-]=[N+]=NCCOCCOCCO[C@@H]1OC(CO)[C@@H](O)C(O)C1O. The number of ether oxygens (including phenoxy) is 4. The van der Waals surface area contributed by atoms with Gasteiger partial charge in [-0.15, -0.1) is 0 Å². The maximum Gasteiger partial charge on any atom is 0.186 e. The highest BCUT2D eigenvalue weighted by Gasteiger charge is 2.43. The molecule has 0 aromatic carbocycles. The number of aliphatic hydroxyl groups excluding tert-OH is 4. The molecule has 1 heterocycles. The van der Waals surface area contributed by atoms with Crippen LogP contribution < -0.4 is 0 Å². The molecule has 0 spiro atoms. The van der Waals surface area contributed by atoms with E-state index in [1.54, 1.807) is 0 Å². The Morgan fingerprint density at radius 2 is 1.61 bits per heavy atom. The lowest BCUT2D eigenvalue weighted by atomic mass is 9.99. The molecule has 5 atom stereocenters. The minimum atomic E-state index is -1.46. The lowest BCUT2D eigenvalue weighted by molar-refractivity contribution is -0.302. The van der Waals surface area contributed by atoms with Gasteiger partial charge in [0.25, 0.3) is 0 Å². The smallest absolute Gasteiger partial charge is 0.186 e. The molecule has 0 radical (unpaired) electrons. The molecular weight excluding hydrogens is 314 g/mol. The maximum atomic E-state index is 9.73. The third-order valence-corrected chi connectivity index (χ3v) is 3.13. The number of hydrogen-bond donors (Lipinski definition) is 4. The van der Waals surface area contributed by atoms with E-state index in [1.807, 2.05) is 0 Å². The summed E-state index contributed by atoms with van der Waals surface area (Å²) >= 11 is 0. The summed E-state index contributed by atoms with van der Waals surface area (Å²) in [6.45, 7) is 1.01. The van der Waals surface area contributed by atoms with Crippen molar-refractivity contribution in [3.63, 3.8) is 0 Å². The van der Waals surface area contributed by atoms with Gasteiger partial charge in [0.2, 0.25) is 0 Å². The lowest BCUT2D eigenvalue weighted by Gasteiger charge is -2.39. The average Bonchev–Trinajstić information content (AvgIpc) is 2.56. The predicted molar refractivity (Wildman–Crippen MR) is 75.4 cm³/mol. The number of azide groups is 1. The minimum absolute atomic E-state index is 0.0847. The van der Waals surface area contributed by atoms with Gasteiger partial charge in [-0.05, 0) is 5.53 Å². The highest BCUT2D eigenvalue weighted by atomic mass is 16.7.